The zero-order chi connectivity index (χ0) is 23.3. The standard InChI is InChI=1S/C25H35ClNO5/c1-27(10-7-9-26)11-8-18-15-21(28-2)22(29-3)16-19(18)20(27)12-17-13-23(30-4)25(32-6)24(14-17)31-5/h13-16,20H,7-12H2,1-6H3/q+1/t20-,27+/m1/s1. The number of halogens is 1. The van der Waals surface area contributed by atoms with Gasteiger partial charge in [0.1, 0.15) is 6.04 Å². The van der Waals surface area contributed by atoms with E-state index >= 15 is 0 Å². The van der Waals surface area contributed by atoms with Crippen LogP contribution in [0.1, 0.15) is 29.2 Å². The molecule has 6 nitrogen and oxygen atoms in total. The fraction of sp³-hybridized carbons (Fsp3) is 0.520. The number of quaternary nitrogens is 1. The smallest absolute Gasteiger partial charge is 0.203 e. The molecule has 1 aliphatic rings. The molecular weight excluding hydrogens is 430 g/mol. The molecule has 0 saturated carbocycles. The van der Waals surface area contributed by atoms with Crippen molar-refractivity contribution in [2.45, 2.75) is 25.3 Å². The van der Waals surface area contributed by atoms with Crippen LogP contribution < -0.4 is 23.7 Å². The van der Waals surface area contributed by atoms with Crippen molar-refractivity contribution in [3.05, 3.63) is 41.0 Å². The Kier molecular flexibility index (Phi) is 8.01. The summed E-state index contributed by atoms with van der Waals surface area (Å²) >= 11 is 6.10. The van der Waals surface area contributed by atoms with Crippen molar-refractivity contribution in [2.75, 3.05) is 61.6 Å². The fourth-order valence-corrected chi connectivity index (χ4v) is 4.95. The summed E-state index contributed by atoms with van der Waals surface area (Å²) in [6.45, 7) is 2.04. The zero-order valence-electron chi connectivity index (χ0n) is 20.0. The topological polar surface area (TPSA) is 46.2 Å². The van der Waals surface area contributed by atoms with Gasteiger partial charge in [0.2, 0.25) is 5.75 Å². The van der Waals surface area contributed by atoms with Crippen molar-refractivity contribution in [1.82, 2.24) is 0 Å². The van der Waals surface area contributed by atoms with Gasteiger partial charge in [0.05, 0.1) is 55.7 Å². The molecule has 0 saturated heterocycles. The molecule has 32 heavy (non-hydrogen) atoms. The molecule has 0 aliphatic carbocycles. The van der Waals surface area contributed by atoms with Gasteiger partial charge in [0.15, 0.2) is 23.0 Å². The van der Waals surface area contributed by atoms with Crippen LogP contribution in [0.15, 0.2) is 24.3 Å². The lowest BCUT2D eigenvalue weighted by molar-refractivity contribution is -0.941. The van der Waals surface area contributed by atoms with E-state index < -0.39 is 0 Å². The molecule has 0 bridgehead atoms. The lowest BCUT2D eigenvalue weighted by Gasteiger charge is -2.46. The number of ether oxygens (including phenoxy) is 5. The first-order valence-electron chi connectivity index (χ1n) is 10.9. The number of benzene rings is 2. The summed E-state index contributed by atoms with van der Waals surface area (Å²) in [6, 6.07) is 8.59. The lowest BCUT2D eigenvalue weighted by Crippen LogP contribution is -2.52. The quantitative estimate of drug-likeness (QED) is 0.378. The maximum Gasteiger partial charge on any atom is 0.203 e. The van der Waals surface area contributed by atoms with Crippen molar-refractivity contribution < 1.29 is 28.2 Å². The molecule has 1 heterocycles. The Labute approximate surface area is 196 Å². The Morgan fingerprint density at radius 2 is 1.44 bits per heavy atom. The molecule has 2 aromatic carbocycles. The molecule has 0 aromatic heterocycles. The average Bonchev–Trinajstić information content (AvgIpc) is 2.83. The molecule has 0 N–H and O–H groups in total. The molecule has 2 aromatic rings. The number of fused-ring (bicyclic) bond motifs is 1. The van der Waals surface area contributed by atoms with Crippen molar-refractivity contribution in [1.29, 1.82) is 0 Å². The fourth-order valence-electron chi connectivity index (χ4n) is 4.83. The van der Waals surface area contributed by atoms with Crippen LogP contribution >= 0.6 is 11.6 Å². The van der Waals surface area contributed by atoms with Gasteiger partial charge in [-0.25, -0.2) is 0 Å². The molecule has 0 unspecified atom stereocenters. The van der Waals surface area contributed by atoms with Crippen LogP contribution in [0.4, 0.5) is 0 Å². The highest BCUT2D eigenvalue weighted by molar-refractivity contribution is 6.17. The van der Waals surface area contributed by atoms with Crippen LogP contribution in [0.3, 0.4) is 0 Å². The summed E-state index contributed by atoms with van der Waals surface area (Å²) in [6.07, 6.45) is 2.77. The molecule has 0 fully saturated rings. The van der Waals surface area contributed by atoms with Crippen LogP contribution in [0.25, 0.3) is 0 Å². The second kappa shape index (κ2) is 10.5. The van der Waals surface area contributed by atoms with E-state index in [1.54, 1.807) is 35.5 Å². The molecule has 176 valence electrons. The maximum atomic E-state index is 6.10. The van der Waals surface area contributed by atoms with E-state index in [1.165, 1.54) is 11.1 Å². The molecule has 3 rings (SSSR count). The normalized spacial score (nSPS) is 19.8. The SMILES string of the molecule is COc1cc2c(cc1OC)[C@@H](Cc1cc(OC)c(OC)c(OC)c1)[N@@+](C)(CCCCl)CC2. The minimum absolute atomic E-state index is 0.226. The molecule has 0 spiro atoms. The lowest BCUT2D eigenvalue weighted by atomic mass is 9.86. The third kappa shape index (κ3) is 4.71. The van der Waals surface area contributed by atoms with Crippen LogP contribution in [-0.4, -0.2) is 66.0 Å². The Bertz CT molecular complexity index is 910. The third-order valence-electron chi connectivity index (χ3n) is 6.60. The Balaban J connectivity index is 2.10. The first-order chi connectivity index (χ1) is 15.4. The summed E-state index contributed by atoms with van der Waals surface area (Å²) in [5.41, 5.74) is 3.73. The first kappa shape index (κ1) is 24.3. The van der Waals surface area contributed by atoms with Gasteiger partial charge >= 0.3 is 0 Å². The summed E-state index contributed by atoms with van der Waals surface area (Å²) in [4.78, 5) is 0. The summed E-state index contributed by atoms with van der Waals surface area (Å²) < 4.78 is 28.8. The van der Waals surface area contributed by atoms with Gasteiger partial charge in [-0.3, -0.25) is 0 Å². The van der Waals surface area contributed by atoms with Crippen molar-refractivity contribution in [2.24, 2.45) is 0 Å². The Morgan fingerprint density at radius 3 is 1.97 bits per heavy atom. The minimum Gasteiger partial charge on any atom is -0.493 e. The van der Waals surface area contributed by atoms with Crippen LogP contribution in [0.2, 0.25) is 0 Å². The monoisotopic (exact) mass is 464 g/mol. The van der Waals surface area contributed by atoms with E-state index in [0.717, 1.165) is 53.9 Å². The number of methoxy groups -OCH3 is 5. The number of rotatable bonds is 10. The van der Waals surface area contributed by atoms with Crippen LogP contribution in [0.5, 0.6) is 28.7 Å². The molecule has 0 radical (unpaired) electrons. The summed E-state index contributed by atoms with van der Waals surface area (Å²) in [5.74, 6) is 4.12. The number of hydrogen-bond donors (Lipinski definition) is 0. The van der Waals surface area contributed by atoms with Crippen molar-refractivity contribution >= 4 is 11.6 Å². The highest BCUT2D eigenvalue weighted by Crippen LogP contribution is 2.44. The summed E-state index contributed by atoms with van der Waals surface area (Å²) in [7, 11) is 10.6. The van der Waals surface area contributed by atoms with Gasteiger partial charge in [-0.1, -0.05) is 0 Å². The van der Waals surface area contributed by atoms with Gasteiger partial charge < -0.3 is 28.2 Å². The van der Waals surface area contributed by atoms with Gasteiger partial charge in [-0.2, -0.15) is 0 Å². The molecule has 0 amide bonds. The van der Waals surface area contributed by atoms with E-state index in [0.29, 0.717) is 23.1 Å². The predicted molar refractivity (Wildman–Crippen MR) is 127 cm³/mol. The zero-order valence-corrected chi connectivity index (χ0v) is 20.8. The maximum absolute atomic E-state index is 6.10. The van der Waals surface area contributed by atoms with Gasteiger partial charge in [0, 0.05) is 30.7 Å². The average molecular weight is 465 g/mol. The second-order valence-electron chi connectivity index (χ2n) is 8.38. The number of likely N-dealkylation sites (N-methyl/N-ethyl adjacent to an activating group) is 1. The van der Waals surface area contributed by atoms with E-state index in [2.05, 4.69) is 19.2 Å². The number of hydrogen-bond acceptors (Lipinski definition) is 5. The number of nitrogens with zero attached hydrogens (tertiary/aromatic N) is 1. The molecule has 2 atom stereocenters. The molecule has 1 aliphatic heterocycles. The van der Waals surface area contributed by atoms with E-state index in [4.69, 9.17) is 35.3 Å². The highest BCUT2D eigenvalue weighted by Gasteiger charge is 2.39. The van der Waals surface area contributed by atoms with E-state index in [1.807, 2.05) is 12.1 Å². The Hall–Kier alpha value is -2.31. The van der Waals surface area contributed by atoms with E-state index in [-0.39, 0.29) is 6.04 Å². The largest absolute Gasteiger partial charge is 0.493 e. The van der Waals surface area contributed by atoms with Gasteiger partial charge in [0.25, 0.3) is 0 Å². The summed E-state index contributed by atoms with van der Waals surface area (Å²) in [5, 5.41) is 0. The van der Waals surface area contributed by atoms with Crippen LogP contribution in [-0.2, 0) is 12.8 Å². The Morgan fingerprint density at radius 1 is 0.844 bits per heavy atom. The third-order valence-corrected chi connectivity index (χ3v) is 6.87. The van der Waals surface area contributed by atoms with Crippen LogP contribution in [0, 0.1) is 0 Å². The van der Waals surface area contributed by atoms with Crippen molar-refractivity contribution in [3.8, 4) is 28.7 Å². The van der Waals surface area contributed by atoms with Crippen molar-refractivity contribution in [3.63, 3.8) is 0 Å². The van der Waals surface area contributed by atoms with Gasteiger partial charge in [-0.05, 0) is 35.4 Å². The van der Waals surface area contributed by atoms with E-state index in [9.17, 15) is 0 Å². The molecular formula is C25H35ClNO5+. The molecule has 7 heteroatoms. The number of alkyl halides is 1. The first-order valence-corrected chi connectivity index (χ1v) is 11.4. The van der Waals surface area contributed by atoms with Gasteiger partial charge in [-0.15, -0.1) is 11.6 Å². The predicted octanol–water partition coefficient (Wildman–Crippen LogP) is 4.65. The highest BCUT2D eigenvalue weighted by atomic mass is 35.5. The second-order valence-corrected chi connectivity index (χ2v) is 8.76. The minimum atomic E-state index is 0.226.